The van der Waals surface area contributed by atoms with E-state index in [0.717, 1.165) is 6.42 Å². The monoisotopic (exact) mass is 251 g/mol. The van der Waals surface area contributed by atoms with E-state index in [1.807, 2.05) is 13.0 Å². The van der Waals surface area contributed by atoms with Crippen molar-refractivity contribution in [2.75, 3.05) is 19.8 Å². The van der Waals surface area contributed by atoms with Gasteiger partial charge in [0.1, 0.15) is 0 Å². The number of benzene rings is 1. The lowest BCUT2D eigenvalue weighted by molar-refractivity contribution is 0.0851. The molecule has 0 fully saturated rings. The lowest BCUT2D eigenvalue weighted by Crippen LogP contribution is -2.39. The fourth-order valence-corrected chi connectivity index (χ4v) is 1.73. The Balaban J connectivity index is 2.58. The first-order valence-electron chi connectivity index (χ1n) is 6.27. The van der Waals surface area contributed by atoms with Crippen LogP contribution in [-0.2, 0) is 0 Å². The standard InChI is InChI=1S/C14H21NO3/c1-2-13(10-17)15-8-12(9-16)14(18)11-6-4-3-5-7-11/h3-7,12-13,15-17H,2,8-10H2,1H3. The molecule has 2 atom stereocenters. The molecule has 0 saturated carbocycles. The van der Waals surface area contributed by atoms with E-state index in [2.05, 4.69) is 5.32 Å². The van der Waals surface area contributed by atoms with Crippen LogP contribution in [0.2, 0.25) is 0 Å². The molecular formula is C14H21NO3. The summed E-state index contributed by atoms with van der Waals surface area (Å²) in [6.45, 7) is 2.18. The average molecular weight is 251 g/mol. The molecular weight excluding hydrogens is 230 g/mol. The minimum Gasteiger partial charge on any atom is -0.396 e. The van der Waals surface area contributed by atoms with E-state index >= 15 is 0 Å². The largest absolute Gasteiger partial charge is 0.396 e. The third kappa shape index (κ3) is 4.22. The van der Waals surface area contributed by atoms with Crippen molar-refractivity contribution in [2.45, 2.75) is 19.4 Å². The van der Waals surface area contributed by atoms with Gasteiger partial charge in [-0.05, 0) is 6.42 Å². The molecule has 0 amide bonds. The summed E-state index contributed by atoms with van der Waals surface area (Å²) < 4.78 is 0. The molecule has 0 aliphatic rings. The van der Waals surface area contributed by atoms with Crippen LogP contribution < -0.4 is 5.32 Å². The predicted molar refractivity (Wildman–Crippen MR) is 70.5 cm³/mol. The van der Waals surface area contributed by atoms with Gasteiger partial charge in [-0.3, -0.25) is 4.79 Å². The highest BCUT2D eigenvalue weighted by Crippen LogP contribution is 2.08. The molecule has 0 aromatic heterocycles. The first kappa shape index (κ1) is 14.8. The zero-order chi connectivity index (χ0) is 13.4. The Hall–Kier alpha value is -1.23. The number of aliphatic hydroxyl groups is 2. The molecule has 1 rings (SSSR count). The second-order valence-corrected chi connectivity index (χ2v) is 4.31. The maximum atomic E-state index is 12.1. The molecule has 100 valence electrons. The van der Waals surface area contributed by atoms with E-state index in [4.69, 9.17) is 5.11 Å². The van der Waals surface area contributed by atoms with E-state index in [0.29, 0.717) is 12.1 Å². The van der Waals surface area contributed by atoms with Crippen LogP contribution in [0.3, 0.4) is 0 Å². The number of nitrogens with one attached hydrogen (secondary N) is 1. The van der Waals surface area contributed by atoms with Crippen molar-refractivity contribution in [2.24, 2.45) is 5.92 Å². The number of carbonyl (C=O) groups excluding carboxylic acids is 1. The summed E-state index contributed by atoms with van der Waals surface area (Å²) >= 11 is 0. The van der Waals surface area contributed by atoms with E-state index in [1.165, 1.54) is 0 Å². The molecule has 0 aliphatic heterocycles. The minimum atomic E-state index is -0.465. The van der Waals surface area contributed by atoms with Crippen molar-refractivity contribution in [1.29, 1.82) is 0 Å². The minimum absolute atomic E-state index is 0.0253. The maximum absolute atomic E-state index is 12.1. The quantitative estimate of drug-likeness (QED) is 0.599. The highest BCUT2D eigenvalue weighted by Gasteiger charge is 2.19. The van der Waals surface area contributed by atoms with Crippen LogP contribution in [0.15, 0.2) is 30.3 Å². The van der Waals surface area contributed by atoms with Crippen LogP contribution in [0.1, 0.15) is 23.7 Å². The fraction of sp³-hybridized carbons (Fsp3) is 0.500. The SMILES string of the molecule is CCC(CO)NCC(CO)C(=O)c1ccccc1. The van der Waals surface area contributed by atoms with E-state index in [-0.39, 0.29) is 25.0 Å². The molecule has 0 heterocycles. The molecule has 0 aliphatic carbocycles. The molecule has 1 aromatic carbocycles. The van der Waals surface area contributed by atoms with Crippen LogP contribution in [0.25, 0.3) is 0 Å². The van der Waals surface area contributed by atoms with Crippen LogP contribution in [0, 0.1) is 5.92 Å². The van der Waals surface area contributed by atoms with Crippen molar-refractivity contribution in [3.05, 3.63) is 35.9 Å². The number of hydrogen-bond donors (Lipinski definition) is 3. The summed E-state index contributed by atoms with van der Waals surface area (Å²) in [6, 6.07) is 8.92. The van der Waals surface area contributed by atoms with Gasteiger partial charge in [-0.1, -0.05) is 37.3 Å². The Labute approximate surface area is 108 Å². The summed E-state index contributed by atoms with van der Waals surface area (Å²) in [4.78, 5) is 12.1. The molecule has 1 aromatic rings. The van der Waals surface area contributed by atoms with Crippen LogP contribution >= 0.6 is 0 Å². The number of ketones is 1. The van der Waals surface area contributed by atoms with Crippen molar-refractivity contribution in [3.8, 4) is 0 Å². The number of rotatable bonds is 8. The second-order valence-electron chi connectivity index (χ2n) is 4.31. The topological polar surface area (TPSA) is 69.6 Å². The van der Waals surface area contributed by atoms with E-state index in [9.17, 15) is 9.90 Å². The van der Waals surface area contributed by atoms with Crippen molar-refractivity contribution in [1.82, 2.24) is 5.32 Å². The Morgan fingerprint density at radius 3 is 2.39 bits per heavy atom. The summed E-state index contributed by atoms with van der Waals surface area (Å²) in [5.74, 6) is -0.536. The van der Waals surface area contributed by atoms with Gasteiger partial charge >= 0.3 is 0 Å². The summed E-state index contributed by atoms with van der Waals surface area (Å²) in [5.41, 5.74) is 0.607. The summed E-state index contributed by atoms with van der Waals surface area (Å²) in [6.07, 6.45) is 0.786. The molecule has 0 radical (unpaired) electrons. The molecule has 0 bridgehead atoms. The van der Waals surface area contributed by atoms with Gasteiger partial charge in [0.2, 0.25) is 0 Å². The molecule has 0 saturated heterocycles. The fourth-order valence-electron chi connectivity index (χ4n) is 1.73. The lowest BCUT2D eigenvalue weighted by atomic mass is 9.98. The normalized spacial score (nSPS) is 14.2. The Bertz CT molecular complexity index is 349. The zero-order valence-corrected chi connectivity index (χ0v) is 10.7. The number of hydrogen-bond acceptors (Lipinski definition) is 4. The number of Topliss-reactive ketones (excluding diaryl/α,β-unsaturated/α-hetero) is 1. The van der Waals surface area contributed by atoms with Gasteiger partial charge in [0.15, 0.2) is 5.78 Å². The van der Waals surface area contributed by atoms with Gasteiger partial charge in [-0.25, -0.2) is 0 Å². The Kier molecular flexibility index (Phi) is 6.57. The van der Waals surface area contributed by atoms with Gasteiger partial charge in [0, 0.05) is 18.2 Å². The molecule has 0 spiro atoms. The predicted octanol–water partition coefficient (Wildman–Crippen LogP) is 0.838. The first-order valence-corrected chi connectivity index (χ1v) is 6.27. The maximum Gasteiger partial charge on any atom is 0.169 e. The summed E-state index contributed by atoms with van der Waals surface area (Å²) in [5, 5.41) is 21.4. The van der Waals surface area contributed by atoms with Gasteiger partial charge in [0.25, 0.3) is 0 Å². The molecule has 4 heteroatoms. The highest BCUT2D eigenvalue weighted by atomic mass is 16.3. The Morgan fingerprint density at radius 1 is 1.22 bits per heavy atom. The number of carbonyl (C=O) groups is 1. The third-order valence-corrected chi connectivity index (χ3v) is 3.02. The van der Waals surface area contributed by atoms with Gasteiger partial charge in [0.05, 0.1) is 19.1 Å². The van der Waals surface area contributed by atoms with Crippen molar-refractivity contribution in [3.63, 3.8) is 0 Å². The van der Waals surface area contributed by atoms with Gasteiger partial charge < -0.3 is 15.5 Å². The second kappa shape index (κ2) is 7.97. The smallest absolute Gasteiger partial charge is 0.169 e. The molecule has 4 nitrogen and oxygen atoms in total. The third-order valence-electron chi connectivity index (χ3n) is 3.02. The van der Waals surface area contributed by atoms with Gasteiger partial charge in [-0.15, -0.1) is 0 Å². The summed E-state index contributed by atoms with van der Waals surface area (Å²) in [7, 11) is 0. The molecule has 18 heavy (non-hydrogen) atoms. The molecule has 2 unspecified atom stereocenters. The highest BCUT2D eigenvalue weighted by molar-refractivity contribution is 5.98. The van der Waals surface area contributed by atoms with Crippen molar-refractivity contribution < 1.29 is 15.0 Å². The van der Waals surface area contributed by atoms with Gasteiger partial charge in [-0.2, -0.15) is 0 Å². The van der Waals surface area contributed by atoms with Crippen molar-refractivity contribution >= 4 is 5.78 Å². The first-order chi connectivity index (χ1) is 8.72. The number of aliphatic hydroxyl groups excluding tert-OH is 2. The van der Waals surface area contributed by atoms with Crippen LogP contribution in [0.5, 0.6) is 0 Å². The molecule has 3 N–H and O–H groups in total. The average Bonchev–Trinajstić information content (AvgIpc) is 2.44. The Morgan fingerprint density at radius 2 is 1.89 bits per heavy atom. The van der Waals surface area contributed by atoms with Crippen LogP contribution in [0.4, 0.5) is 0 Å². The van der Waals surface area contributed by atoms with E-state index < -0.39 is 5.92 Å². The van der Waals surface area contributed by atoms with E-state index in [1.54, 1.807) is 24.3 Å². The lowest BCUT2D eigenvalue weighted by Gasteiger charge is -2.18. The van der Waals surface area contributed by atoms with Crippen LogP contribution in [-0.4, -0.2) is 41.8 Å². The zero-order valence-electron chi connectivity index (χ0n) is 10.7.